The van der Waals surface area contributed by atoms with Gasteiger partial charge in [-0.25, -0.2) is 13.0 Å². The number of benzene rings is 2. The van der Waals surface area contributed by atoms with Gasteiger partial charge in [-0.2, -0.15) is 0 Å². The number of pyridine rings is 1. The highest BCUT2D eigenvalue weighted by molar-refractivity contribution is 7.85. The molecule has 0 amide bonds. The molecule has 0 aliphatic rings. The van der Waals surface area contributed by atoms with Crippen molar-refractivity contribution in [1.29, 1.82) is 0 Å². The van der Waals surface area contributed by atoms with E-state index in [1.807, 2.05) is 49.6 Å². The average Bonchev–Trinajstić information content (AvgIpc) is 2.63. The first-order valence-corrected chi connectivity index (χ1v) is 9.73. The Bertz CT molecular complexity index is 981. The van der Waals surface area contributed by atoms with Crippen LogP contribution in [0, 0.1) is 6.92 Å². The van der Waals surface area contributed by atoms with Crippen LogP contribution in [0.1, 0.15) is 28.4 Å². The molecule has 27 heavy (non-hydrogen) atoms. The van der Waals surface area contributed by atoms with Crippen molar-refractivity contribution in [2.24, 2.45) is 0 Å². The van der Waals surface area contributed by atoms with Gasteiger partial charge in [0, 0.05) is 23.3 Å². The SMILES string of the molecule is CC(=O)c1cc[n+](Cc2ccccc2)cc1.Cc1ccc(S(=O)(=O)[O-])cc1. The van der Waals surface area contributed by atoms with Gasteiger partial charge < -0.3 is 4.55 Å². The molecule has 3 rings (SSSR count). The van der Waals surface area contributed by atoms with Gasteiger partial charge >= 0.3 is 0 Å². The number of ketones is 1. The molecule has 1 heterocycles. The van der Waals surface area contributed by atoms with Crippen LogP contribution < -0.4 is 4.57 Å². The molecule has 0 fully saturated rings. The first-order valence-electron chi connectivity index (χ1n) is 8.32. The smallest absolute Gasteiger partial charge is 0.173 e. The summed E-state index contributed by atoms with van der Waals surface area (Å²) >= 11 is 0. The fourth-order valence-corrected chi connectivity index (χ4v) is 2.77. The van der Waals surface area contributed by atoms with Crippen LogP contribution in [0.3, 0.4) is 0 Å². The third-order valence-corrected chi connectivity index (χ3v) is 4.66. The van der Waals surface area contributed by atoms with Crippen LogP contribution in [0.2, 0.25) is 0 Å². The standard InChI is InChI=1S/C14H14NO.C7H8O3S/c1-12(16)14-7-9-15(10-8-14)11-13-5-3-2-4-6-13;1-6-2-4-7(5-3-6)11(8,9)10/h2-10H,11H2,1H3;2-5H,1H3,(H,8,9,10)/q+1;/p-1. The predicted octanol–water partition coefficient (Wildman–Crippen LogP) is 3.12. The molecule has 0 unspecified atom stereocenters. The highest BCUT2D eigenvalue weighted by atomic mass is 32.2. The van der Waals surface area contributed by atoms with Crippen LogP contribution in [-0.2, 0) is 16.7 Å². The lowest BCUT2D eigenvalue weighted by Crippen LogP contribution is -2.33. The number of aryl methyl sites for hydroxylation is 1. The minimum atomic E-state index is -4.27. The van der Waals surface area contributed by atoms with E-state index in [1.54, 1.807) is 19.1 Å². The van der Waals surface area contributed by atoms with Crippen LogP contribution in [0.4, 0.5) is 0 Å². The van der Waals surface area contributed by atoms with Crippen molar-refractivity contribution in [3.8, 4) is 0 Å². The van der Waals surface area contributed by atoms with E-state index >= 15 is 0 Å². The van der Waals surface area contributed by atoms with E-state index < -0.39 is 10.1 Å². The summed E-state index contributed by atoms with van der Waals surface area (Å²) < 4.78 is 33.2. The molecular formula is C21H21NO4S. The summed E-state index contributed by atoms with van der Waals surface area (Å²) in [5, 5.41) is 0. The second-order valence-corrected chi connectivity index (χ2v) is 7.45. The minimum absolute atomic E-state index is 0.104. The predicted molar refractivity (Wildman–Crippen MR) is 101 cm³/mol. The maximum atomic E-state index is 11.1. The Morgan fingerprint density at radius 2 is 1.48 bits per heavy atom. The van der Waals surface area contributed by atoms with Crippen LogP contribution in [0.5, 0.6) is 0 Å². The second kappa shape index (κ2) is 9.21. The van der Waals surface area contributed by atoms with Crippen molar-refractivity contribution < 1.29 is 22.3 Å². The summed E-state index contributed by atoms with van der Waals surface area (Å²) in [6, 6.07) is 19.7. The normalized spacial score (nSPS) is 10.6. The molecule has 0 radical (unpaired) electrons. The van der Waals surface area contributed by atoms with E-state index in [1.165, 1.54) is 17.7 Å². The number of Topliss-reactive ketones (excluding diaryl/α,β-unsaturated/α-hetero) is 1. The Balaban J connectivity index is 0.000000208. The fourth-order valence-electron chi connectivity index (χ4n) is 2.30. The first-order chi connectivity index (χ1) is 12.8. The van der Waals surface area contributed by atoms with Gasteiger partial charge in [-0.1, -0.05) is 48.0 Å². The van der Waals surface area contributed by atoms with Crippen LogP contribution in [0.25, 0.3) is 0 Å². The number of hydrogen-bond donors (Lipinski definition) is 0. The van der Waals surface area contributed by atoms with Gasteiger partial charge in [0.2, 0.25) is 0 Å². The van der Waals surface area contributed by atoms with Gasteiger partial charge in [0.25, 0.3) is 0 Å². The summed E-state index contributed by atoms with van der Waals surface area (Å²) in [6.45, 7) is 4.23. The van der Waals surface area contributed by atoms with E-state index in [0.29, 0.717) is 0 Å². The Hall–Kier alpha value is -2.83. The average molecular weight is 383 g/mol. The van der Waals surface area contributed by atoms with Gasteiger partial charge in [-0.15, -0.1) is 0 Å². The molecule has 6 heteroatoms. The maximum absolute atomic E-state index is 11.1. The van der Waals surface area contributed by atoms with Gasteiger partial charge in [0.05, 0.1) is 4.90 Å². The molecule has 0 saturated carbocycles. The van der Waals surface area contributed by atoms with E-state index in [-0.39, 0.29) is 10.7 Å². The van der Waals surface area contributed by atoms with E-state index in [0.717, 1.165) is 17.7 Å². The van der Waals surface area contributed by atoms with Gasteiger partial charge in [-0.3, -0.25) is 4.79 Å². The molecule has 0 atom stereocenters. The lowest BCUT2D eigenvalue weighted by Gasteiger charge is -2.05. The van der Waals surface area contributed by atoms with Crippen molar-refractivity contribution in [3.05, 3.63) is 95.8 Å². The molecule has 0 N–H and O–H groups in total. The molecular weight excluding hydrogens is 362 g/mol. The molecule has 1 aromatic heterocycles. The van der Waals surface area contributed by atoms with Gasteiger partial charge in [0.15, 0.2) is 24.7 Å². The molecule has 0 aliphatic carbocycles. The monoisotopic (exact) mass is 383 g/mol. The lowest BCUT2D eigenvalue weighted by molar-refractivity contribution is -0.688. The number of hydrogen-bond acceptors (Lipinski definition) is 4. The van der Waals surface area contributed by atoms with Crippen molar-refractivity contribution >= 4 is 15.9 Å². The van der Waals surface area contributed by atoms with Crippen molar-refractivity contribution in [3.63, 3.8) is 0 Å². The highest BCUT2D eigenvalue weighted by Gasteiger charge is 2.04. The Morgan fingerprint density at radius 1 is 0.926 bits per heavy atom. The molecule has 2 aromatic carbocycles. The zero-order valence-electron chi connectivity index (χ0n) is 15.2. The number of nitrogens with zero attached hydrogens (tertiary/aromatic N) is 1. The second-order valence-electron chi connectivity index (χ2n) is 6.07. The summed E-state index contributed by atoms with van der Waals surface area (Å²) in [5.74, 6) is 0.104. The van der Waals surface area contributed by atoms with Crippen LogP contribution in [0.15, 0.2) is 84.0 Å². The zero-order chi connectivity index (χ0) is 19.9. The Morgan fingerprint density at radius 3 is 1.96 bits per heavy atom. The number of aromatic nitrogens is 1. The molecule has 0 saturated heterocycles. The highest BCUT2D eigenvalue weighted by Crippen LogP contribution is 2.08. The van der Waals surface area contributed by atoms with Gasteiger partial charge in [-0.05, 0) is 26.0 Å². The molecule has 0 aliphatic heterocycles. The molecule has 3 aromatic rings. The Labute approximate surface area is 159 Å². The van der Waals surface area contributed by atoms with E-state index in [2.05, 4.69) is 16.7 Å². The van der Waals surface area contributed by atoms with Crippen LogP contribution in [-0.4, -0.2) is 18.8 Å². The van der Waals surface area contributed by atoms with Crippen molar-refractivity contribution in [2.75, 3.05) is 0 Å². The fraction of sp³-hybridized carbons (Fsp3) is 0.143. The van der Waals surface area contributed by atoms with E-state index in [4.69, 9.17) is 0 Å². The van der Waals surface area contributed by atoms with Crippen molar-refractivity contribution in [1.82, 2.24) is 0 Å². The maximum Gasteiger partial charge on any atom is 0.173 e. The number of carbonyl (C=O) groups excluding carboxylic acids is 1. The molecule has 140 valence electrons. The summed E-state index contributed by atoms with van der Waals surface area (Å²) in [7, 11) is -4.27. The molecule has 5 nitrogen and oxygen atoms in total. The number of rotatable bonds is 4. The van der Waals surface area contributed by atoms with Gasteiger partial charge in [0.1, 0.15) is 10.1 Å². The topological polar surface area (TPSA) is 78.1 Å². The quantitative estimate of drug-likeness (QED) is 0.394. The summed E-state index contributed by atoms with van der Waals surface area (Å²) in [5.41, 5.74) is 2.93. The third-order valence-electron chi connectivity index (χ3n) is 3.82. The minimum Gasteiger partial charge on any atom is -0.744 e. The van der Waals surface area contributed by atoms with E-state index in [9.17, 15) is 17.8 Å². The third kappa shape index (κ3) is 6.77. The summed E-state index contributed by atoms with van der Waals surface area (Å²) in [4.78, 5) is 10.9. The first kappa shape index (κ1) is 20.5. The lowest BCUT2D eigenvalue weighted by atomic mass is 10.2. The zero-order valence-corrected chi connectivity index (χ0v) is 16.0. The Kier molecular flexibility index (Phi) is 6.98. The van der Waals surface area contributed by atoms with Crippen molar-refractivity contribution in [2.45, 2.75) is 25.3 Å². The van der Waals surface area contributed by atoms with Crippen LogP contribution >= 0.6 is 0 Å². The molecule has 0 spiro atoms. The largest absolute Gasteiger partial charge is 0.744 e. The number of carbonyl (C=O) groups is 1. The summed E-state index contributed by atoms with van der Waals surface area (Å²) in [6.07, 6.45) is 3.87. The molecule has 0 bridgehead atoms.